The Kier molecular flexibility index (Phi) is 3.29. The monoisotopic (exact) mass is 332 g/mol. The first-order valence-electron chi connectivity index (χ1n) is 9.31. The molecule has 1 unspecified atom stereocenters. The van der Waals surface area contributed by atoms with Gasteiger partial charge in [0.25, 0.3) is 0 Å². The van der Waals surface area contributed by atoms with Crippen molar-refractivity contribution in [3.05, 3.63) is 71.3 Å². The van der Waals surface area contributed by atoms with E-state index < -0.39 is 0 Å². The van der Waals surface area contributed by atoms with Gasteiger partial charge in [-0.2, -0.15) is 5.10 Å². The molecule has 0 aromatic heterocycles. The Balaban J connectivity index is 1.48. The molecule has 0 spiro atoms. The van der Waals surface area contributed by atoms with Crippen molar-refractivity contribution in [2.24, 2.45) is 10.5 Å². The maximum Gasteiger partial charge on any atom is 0.135 e. The van der Waals surface area contributed by atoms with Gasteiger partial charge in [0.2, 0.25) is 0 Å². The number of rotatable bonds is 3. The van der Waals surface area contributed by atoms with E-state index in [0.29, 0.717) is 6.04 Å². The Morgan fingerprint density at radius 1 is 1.08 bits per heavy atom. The Morgan fingerprint density at radius 3 is 2.76 bits per heavy atom. The standard InChI is InChI=1S/C22H24N2O/c1-21-12-11-17-7-5-6-10-19(17)22(21,25-14-13-21)16-23-24-15-20(24)18-8-3-2-4-9-18/h2-10,16,20H,11-15H2,1H3/b23-16+/t20?,21-,22-,24?/m0/s1. The van der Waals surface area contributed by atoms with Crippen LogP contribution in [0.25, 0.3) is 0 Å². The SMILES string of the molecule is C[C@]12CCO[C@@]1(/C=N/N1CC1c1ccccc1)c1ccccc1CC2. The van der Waals surface area contributed by atoms with Crippen LogP contribution in [0.2, 0.25) is 0 Å². The fourth-order valence-corrected chi connectivity index (χ4v) is 4.65. The lowest BCUT2D eigenvalue weighted by Gasteiger charge is -2.44. The first kappa shape index (κ1) is 15.2. The van der Waals surface area contributed by atoms with Crippen LogP contribution in [0.3, 0.4) is 0 Å². The first-order valence-corrected chi connectivity index (χ1v) is 9.31. The molecule has 2 fully saturated rings. The van der Waals surface area contributed by atoms with E-state index in [4.69, 9.17) is 9.84 Å². The third kappa shape index (κ3) is 2.26. The number of aryl methyl sites for hydroxylation is 1. The van der Waals surface area contributed by atoms with Crippen molar-refractivity contribution < 1.29 is 4.74 Å². The maximum atomic E-state index is 6.42. The second-order valence-electron chi connectivity index (χ2n) is 7.85. The van der Waals surface area contributed by atoms with Gasteiger partial charge in [-0.1, -0.05) is 61.5 Å². The Hall–Kier alpha value is -2.13. The van der Waals surface area contributed by atoms with Gasteiger partial charge in [0.05, 0.1) is 18.8 Å². The van der Waals surface area contributed by atoms with Crippen LogP contribution in [-0.2, 0) is 16.8 Å². The fourth-order valence-electron chi connectivity index (χ4n) is 4.65. The summed E-state index contributed by atoms with van der Waals surface area (Å²) in [5.74, 6) is 0. The summed E-state index contributed by atoms with van der Waals surface area (Å²) in [5, 5.41) is 7.05. The number of nitrogens with zero attached hydrogens (tertiary/aromatic N) is 2. The molecule has 2 saturated heterocycles. The summed E-state index contributed by atoms with van der Waals surface area (Å²) in [7, 11) is 0. The van der Waals surface area contributed by atoms with Gasteiger partial charge in [0.15, 0.2) is 0 Å². The van der Waals surface area contributed by atoms with Gasteiger partial charge in [-0.3, -0.25) is 5.01 Å². The number of ether oxygens (including phenoxy) is 1. The van der Waals surface area contributed by atoms with Gasteiger partial charge in [0, 0.05) is 12.0 Å². The predicted octanol–water partition coefficient (Wildman–Crippen LogP) is 4.30. The zero-order valence-electron chi connectivity index (χ0n) is 14.7. The quantitative estimate of drug-likeness (QED) is 0.618. The largest absolute Gasteiger partial charge is 0.364 e. The Labute approximate surface area is 149 Å². The summed E-state index contributed by atoms with van der Waals surface area (Å²) < 4.78 is 6.42. The van der Waals surface area contributed by atoms with Crippen molar-refractivity contribution in [3.8, 4) is 0 Å². The normalized spacial score (nSPS) is 33.3. The number of fused-ring (bicyclic) bond motifs is 3. The van der Waals surface area contributed by atoms with E-state index in [1.807, 2.05) is 0 Å². The second-order valence-corrected chi connectivity index (χ2v) is 7.85. The molecule has 5 rings (SSSR count). The van der Waals surface area contributed by atoms with E-state index in [9.17, 15) is 0 Å². The highest BCUT2D eigenvalue weighted by atomic mass is 16.5. The summed E-state index contributed by atoms with van der Waals surface area (Å²) in [4.78, 5) is 0. The van der Waals surface area contributed by atoms with E-state index in [0.717, 1.165) is 32.4 Å². The van der Waals surface area contributed by atoms with Gasteiger partial charge in [-0.25, -0.2) is 0 Å². The first-order chi connectivity index (χ1) is 12.2. The van der Waals surface area contributed by atoms with Gasteiger partial charge < -0.3 is 4.74 Å². The fraction of sp³-hybridized carbons (Fsp3) is 0.409. The minimum Gasteiger partial charge on any atom is -0.364 e. The highest BCUT2D eigenvalue weighted by Gasteiger charge is 2.56. The van der Waals surface area contributed by atoms with Crippen molar-refractivity contribution in [1.29, 1.82) is 0 Å². The van der Waals surface area contributed by atoms with E-state index in [2.05, 4.69) is 72.7 Å². The van der Waals surface area contributed by atoms with Crippen LogP contribution >= 0.6 is 0 Å². The number of hydrogen-bond acceptors (Lipinski definition) is 3. The molecule has 128 valence electrons. The molecular formula is C22H24N2O. The molecule has 0 radical (unpaired) electrons. The van der Waals surface area contributed by atoms with Crippen LogP contribution in [0.5, 0.6) is 0 Å². The number of hydrogen-bond donors (Lipinski definition) is 0. The third-order valence-corrected chi connectivity index (χ3v) is 6.40. The minimum absolute atomic E-state index is 0.142. The molecule has 2 aliphatic heterocycles. The van der Waals surface area contributed by atoms with E-state index in [1.165, 1.54) is 16.7 Å². The van der Waals surface area contributed by atoms with Crippen molar-refractivity contribution in [1.82, 2.24) is 5.01 Å². The molecule has 0 amide bonds. The van der Waals surface area contributed by atoms with Gasteiger partial charge >= 0.3 is 0 Å². The molecule has 0 saturated carbocycles. The average Bonchev–Trinajstić information content (AvgIpc) is 3.35. The zero-order valence-corrected chi connectivity index (χ0v) is 14.7. The van der Waals surface area contributed by atoms with Crippen LogP contribution in [-0.4, -0.2) is 24.4 Å². The molecule has 2 heterocycles. The van der Waals surface area contributed by atoms with Crippen LogP contribution < -0.4 is 0 Å². The molecule has 3 nitrogen and oxygen atoms in total. The van der Waals surface area contributed by atoms with Crippen LogP contribution in [0, 0.1) is 5.41 Å². The number of benzene rings is 2. The molecule has 25 heavy (non-hydrogen) atoms. The van der Waals surface area contributed by atoms with Crippen LogP contribution in [0.4, 0.5) is 0 Å². The van der Waals surface area contributed by atoms with Crippen molar-refractivity contribution >= 4 is 6.21 Å². The summed E-state index contributed by atoms with van der Waals surface area (Å²) >= 11 is 0. The zero-order chi connectivity index (χ0) is 16.9. The Morgan fingerprint density at radius 2 is 1.88 bits per heavy atom. The number of hydrazone groups is 1. The lowest BCUT2D eigenvalue weighted by molar-refractivity contribution is -0.00900. The van der Waals surface area contributed by atoms with Crippen LogP contribution in [0.15, 0.2) is 59.7 Å². The maximum absolute atomic E-state index is 6.42. The van der Waals surface area contributed by atoms with Crippen molar-refractivity contribution in [2.45, 2.75) is 37.8 Å². The minimum atomic E-state index is -0.369. The van der Waals surface area contributed by atoms with Gasteiger partial charge in [-0.15, -0.1) is 0 Å². The topological polar surface area (TPSA) is 24.6 Å². The van der Waals surface area contributed by atoms with E-state index in [1.54, 1.807) is 0 Å². The molecule has 3 atom stereocenters. The van der Waals surface area contributed by atoms with Crippen molar-refractivity contribution in [3.63, 3.8) is 0 Å². The molecule has 3 heteroatoms. The smallest absolute Gasteiger partial charge is 0.135 e. The highest BCUT2D eigenvalue weighted by Crippen LogP contribution is 2.56. The summed E-state index contributed by atoms with van der Waals surface area (Å²) in [6.07, 6.45) is 5.52. The van der Waals surface area contributed by atoms with Gasteiger partial charge in [-0.05, 0) is 36.0 Å². The van der Waals surface area contributed by atoms with Crippen molar-refractivity contribution in [2.75, 3.05) is 13.2 Å². The highest BCUT2D eigenvalue weighted by molar-refractivity contribution is 5.75. The summed E-state index contributed by atoms with van der Waals surface area (Å²) in [6.45, 7) is 4.19. The Bertz CT molecular complexity index is 818. The second kappa shape index (κ2) is 5.43. The molecule has 3 aliphatic rings. The molecule has 2 aromatic carbocycles. The predicted molar refractivity (Wildman–Crippen MR) is 99.5 cm³/mol. The average molecular weight is 332 g/mol. The summed E-state index contributed by atoms with van der Waals surface area (Å²) in [5.41, 5.74) is 3.85. The lowest BCUT2D eigenvalue weighted by atomic mass is 9.62. The van der Waals surface area contributed by atoms with E-state index in [-0.39, 0.29) is 11.0 Å². The van der Waals surface area contributed by atoms with E-state index >= 15 is 0 Å². The molecule has 0 bridgehead atoms. The molecule has 0 N–H and O–H groups in total. The molecule has 2 aromatic rings. The molecule has 1 aliphatic carbocycles. The van der Waals surface area contributed by atoms with Crippen LogP contribution in [0.1, 0.15) is 42.5 Å². The third-order valence-electron chi connectivity index (χ3n) is 6.40. The molecular weight excluding hydrogens is 308 g/mol. The van der Waals surface area contributed by atoms with Gasteiger partial charge in [0.1, 0.15) is 5.60 Å². The lowest BCUT2D eigenvalue weighted by Crippen LogP contribution is -2.46. The summed E-state index contributed by atoms with van der Waals surface area (Å²) in [6, 6.07) is 19.8.